The number of nitriles is 1. The minimum Gasteiger partial charge on any atom is -0.207 e. The van der Waals surface area contributed by atoms with Crippen molar-refractivity contribution in [1.82, 2.24) is 0 Å². The molecule has 0 unspecified atom stereocenters. The SMILES string of the molecule is N#C/C(F)=C/C=C/C1CCC(c2ccc(F)cc2)CC1. The molecule has 0 aliphatic heterocycles. The Balaban J connectivity index is 1.86. The van der Waals surface area contributed by atoms with Gasteiger partial charge in [0.1, 0.15) is 11.9 Å². The predicted octanol–water partition coefficient (Wildman–Crippen LogP) is 5.03. The van der Waals surface area contributed by atoms with Crippen molar-refractivity contribution in [1.29, 1.82) is 5.26 Å². The van der Waals surface area contributed by atoms with Crippen LogP contribution in [0, 0.1) is 23.1 Å². The summed E-state index contributed by atoms with van der Waals surface area (Å²) < 4.78 is 25.5. The molecule has 104 valence electrons. The molecule has 0 atom stereocenters. The first-order chi connectivity index (χ1) is 9.69. The first kappa shape index (κ1) is 14.5. The van der Waals surface area contributed by atoms with Crippen LogP contribution < -0.4 is 0 Å². The monoisotopic (exact) mass is 273 g/mol. The summed E-state index contributed by atoms with van der Waals surface area (Å²) in [5.74, 6) is -0.0287. The van der Waals surface area contributed by atoms with E-state index in [-0.39, 0.29) is 5.82 Å². The van der Waals surface area contributed by atoms with Crippen molar-refractivity contribution in [3.05, 3.63) is 59.7 Å². The van der Waals surface area contributed by atoms with Gasteiger partial charge in [0.15, 0.2) is 5.83 Å². The molecule has 1 fully saturated rings. The van der Waals surface area contributed by atoms with Crippen LogP contribution in [0.4, 0.5) is 8.78 Å². The molecule has 1 nitrogen and oxygen atoms in total. The molecular weight excluding hydrogens is 256 g/mol. The number of hydrogen-bond donors (Lipinski definition) is 0. The van der Waals surface area contributed by atoms with Gasteiger partial charge in [0, 0.05) is 0 Å². The largest absolute Gasteiger partial charge is 0.207 e. The van der Waals surface area contributed by atoms with Gasteiger partial charge in [-0.05, 0) is 61.3 Å². The van der Waals surface area contributed by atoms with Gasteiger partial charge in [-0.1, -0.05) is 24.3 Å². The second-order valence-electron chi connectivity index (χ2n) is 5.17. The Morgan fingerprint density at radius 2 is 1.80 bits per heavy atom. The molecule has 0 aromatic heterocycles. The van der Waals surface area contributed by atoms with Gasteiger partial charge in [-0.25, -0.2) is 4.39 Å². The highest BCUT2D eigenvalue weighted by molar-refractivity contribution is 5.22. The van der Waals surface area contributed by atoms with Gasteiger partial charge < -0.3 is 0 Å². The fraction of sp³-hybridized carbons (Fsp3) is 0.353. The molecule has 1 aromatic carbocycles. The quantitative estimate of drug-likeness (QED) is 0.559. The lowest BCUT2D eigenvalue weighted by Gasteiger charge is -2.27. The number of hydrogen-bond acceptors (Lipinski definition) is 1. The molecule has 0 N–H and O–H groups in total. The molecule has 2 rings (SSSR count). The van der Waals surface area contributed by atoms with Crippen LogP contribution in [0.2, 0.25) is 0 Å². The average molecular weight is 273 g/mol. The Kier molecular flexibility index (Phi) is 5.06. The van der Waals surface area contributed by atoms with Crippen molar-refractivity contribution in [3.8, 4) is 6.07 Å². The summed E-state index contributed by atoms with van der Waals surface area (Å²) in [6, 6.07) is 8.19. The number of allylic oxidation sites excluding steroid dienone is 4. The van der Waals surface area contributed by atoms with E-state index >= 15 is 0 Å². The predicted molar refractivity (Wildman–Crippen MR) is 75.0 cm³/mol. The van der Waals surface area contributed by atoms with E-state index in [1.165, 1.54) is 29.8 Å². The molecule has 0 heterocycles. The van der Waals surface area contributed by atoms with Crippen LogP contribution in [0.15, 0.2) is 48.3 Å². The van der Waals surface area contributed by atoms with Crippen molar-refractivity contribution < 1.29 is 8.78 Å². The lowest BCUT2D eigenvalue weighted by atomic mass is 9.78. The Bertz CT molecular complexity index is 529. The second kappa shape index (κ2) is 7.00. The van der Waals surface area contributed by atoms with Crippen LogP contribution in [0.1, 0.15) is 37.2 Å². The third-order valence-corrected chi connectivity index (χ3v) is 3.85. The molecule has 1 saturated carbocycles. The summed E-state index contributed by atoms with van der Waals surface area (Å²) in [6.07, 6.45) is 9.00. The summed E-state index contributed by atoms with van der Waals surface area (Å²) in [5, 5.41) is 8.30. The highest BCUT2D eigenvalue weighted by Gasteiger charge is 2.20. The third-order valence-electron chi connectivity index (χ3n) is 3.85. The van der Waals surface area contributed by atoms with Crippen LogP contribution in [-0.4, -0.2) is 0 Å². The number of rotatable bonds is 3. The molecule has 0 bridgehead atoms. The minimum atomic E-state index is -0.763. The van der Waals surface area contributed by atoms with Gasteiger partial charge in [-0.2, -0.15) is 9.65 Å². The van der Waals surface area contributed by atoms with E-state index in [0.29, 0.717) is 11.8 Å². The van der Waals surface area contributed by atoms with Crippen molar-refractivity contribution in [2.45, 2.75) is 31.6 Å². The van der Waals surface area contributed by atoms with Gasteiger partial charge in [-0.3, -0.25) is 0 Å². The number of benzene rings is 1. The Morgan fingerprint density at radius 1 is 1.15 bits per heavy atom. The normalized spacial score (nSPS) is 23.8. The van der Waals surface area contributed by atoms with Crippen molar-refractivity contribution in [2.24, 2.45) is 5.92 Å². The smallest absolute Gasteiger partial charge is 0.199 e. The van der Waals surface area contributed by atoms with Crippen LogP contribution >= 0.6 is 0 Å². The lowest BCUT2D eigenvalue weighted by molar-refractivity contribution is 0.375. The lowest BCUT2D eigenvalue weighted by Crippen LogP contribution is -2.11. The minimum absolute atomic E-state index is 0.198. The molecular formula is C17H17F2N. The van der Waals surface area contributed by atoms with Crippen LogP contribution in [0.5, 0.6) is 0 Å². The summed E-state index contributed by atoms with van der Waals surface area (Å²) in [7, 11) is 0. The maximum atomic E-state index is 12.9. The van der Waals surface area contributed by atoms with Crippen LogP contribution in [-0.2, 0) is 0 Å². The molecule has 0 amide bonds. The van der Waals surface area contributed by atoms with Gasteiger partial charge in [0.25, 0.3) is 0 Å². The van der Waals surface area contributed by atoms with E-state index < -0.39 is 5.83 Å². The Labute approximate surface area is 118 Å². The average Bonchev–Trinajstić information content (AvgIpc) is 2.48. The van der Waals surface area contributed by atoms with Crippen molar-refractivity contribution in [3.63, 3.8) is 0 Å². The maximum absolute atomic E-state index is 12.9. The highest BCUT2D eigenvalue weighted by Crippen LogP contribution is 2.36. The third kappa shape index (κ3) is 4.03. The molecule has 0 saturated heterocycles. The van der Waals surface area contributed by atoms with E-state index in [1.807, 2.05) is 18.2 Å². The zero-order chi connectivity index (χ0) is 14.4. The molecule has 0 radical (unpaired) electrons. The van der Waals surface area contributed by atoms with E-state index in [4.69, 9.17) is 5.26 Å². The Morgan fingerprint density at radius 3 is 2.40 bits per heavy atom. The zero-order valence-corrected chi connectivity index (χ0v) is 11.2. The number of nitrogens with zero attached hydrogens (tertiary/aromatic N) is 1. The molecule has 3 heteroatoms. The van der Waals surface area contributed by atoms with Gasteiger partial charge >= 0.3 is 0 Å². The van der Waals surface area contributed by atoms with Crippen molar-refractivity contribution >= 4 is 0 Å². The van der Waals surface area contributed by atoms with E-state index in [1.54, 1.807) is 6.08 Å². The molecule has 0 spiro atoms. The Hall–Kier alpha value is -1.95. The fourth-order valence-corrected chi connectivity index (χ4v) is 2.71. The fourth-order valence-electron chi connectivity index (χ4n) is 2.71. The van der Waals surface area contributed by atoms with Gasteiger partial charge in [-0.15, -0.1) is 0 Å². The summed E-state index contributed by atoms with van der Waals surface area (Å²) >= 11 is 0. The van der Waals surface area contributed by atoms with E-state index in [9.17, 15) is 8.78 Å². The molecule has 1 aromatic rings. The molecule has 20 heavy (non-hydrogen) atoms. The van der Waals surface area contributed by atoms with E-state index in [0.717, 1.165) is 25.7 Å². The standard InChI is InChI=1S/C17H17F2N/c18-16-10-8-15(9-11-16)14-6-4-13(5-7-14)2-1-3-17(19)12-20/h1-3,8-11,13-14H,4-7H2/b2-1+,17-3-. The molecule has 1 aliphatic rings. The van der Waals surface area contributed by atoms with Crippen LogP contribution in [0.25, 0.3) is 0 Å². The second-order valence-corrected chi connectivity index (χ2v) is 5.17. The maximum Gasteiger partial charge on any atom is 0.199 e. The summed E-state index contributed by atoms with van der Waals surface area (Å²) in [4.78, 5) is 0. The topological polar surface area (TPSA) is 23.8 Å². The number of halogens is 2. The first-order valence-corrected chi connectivity index (χ1v) is 6.88. The summed E-state index contributed by atoms with van der Waals surface area (Å²) in [5.41, 5.74) is 1.20. The molecule has 1 aliphatic carbocycles. The zero-order valence-electron chi connectivity index (χ0n) is 11.2. The van der Waals surface area contributed by atoms with Gasteiger partial charge in [0.2, 0.25) is 0 Å². The van der Waals surface area contributed by atoms with Gasteiger partial charge in [0.05, 0.1) is 0 Å². The van der Waals surface area contributed by atoms with Crippen LogP contribution in [0.3, 0.4) is 0 Å². The highest BCUT2D eigenvalue weighted by atomic mass is 19.1. The first-order valence-electron chi connectivity index (χ1n) is 6.88. The van der Waals surface area contributed by atoms with Crippen molar-refractivity contribution in [2.75, 3.05) is 0 Å². The van der Waals surface area contributed by atoms with E-state index in [2.05, 4.69) is 0 Å². The summed E-state index contributed by atoms with van der Waals surface area (Å²) in [6.45, 7) is 0.